The second-order valence-corrected chi connectivity index (χ2v) is 7.09. The summed E-state index contributed by atoms with van der Waals surface area (Å²) in [7, 11) is 0. The molecule has 0 aliphatic carbocycles. The molecule has 0 amide bonds. The summed E-state index contributed by atoms with van der Waals surface area (Å²) < 4.78 is 10.3. The van der Waals surface area contributed by atoms with Crippen LogP contribution < -0.4 is 9.47 Å². The molecule has 0 atom stereocenters. The Morgan fingerprint density at radius 3 is 1.32 bits per heavy atom. The fraction of sp³-hybridized carbons (Fsp3) is 0.0476. The van der Waals surface area contributed by atoms with Crippen LogP contribution in [0.15, 0.2) is 54.6 Å². The van der Waals surface area contributed by atoms with E-state index in [-0.39, 0.29) is 17.1 Å². The Hall–Kier alpha value is -5.80. The van der Waals surface area contributed by atoms with Crippen molar-refractivity contribution in [2.24, 2.45) is 0 Å². The molecule has 0 spiro atoms. The van der Waals surface area contributed by atoms with Gasteiger partial charge in [0, 0.05) is 17.7 Å². The van der Waals surface area contributed by atoms with Crippen molar-refractivity contribution in [3.05, 3.63) is 112 Å². The Morgan fingerprint density at radius 1 is 0.622 bits per heavy atom. The van der Waals surface area contributed by atoms with E-state index in [1.54, 1.807) is 0 Å². The molecule has 3 aromatic rings. The maximum atomic E-state index is 12.6. The molecule has 0 fully saturated rings. The highest BCUT2D eigenvalue weighted by Gasteiger charge is 2.28. The second-order valence-electron chi connectivity index (χ2n) is 7.09. The SMILES string of the molecule is Cc1c(OC(=O)c2ccc([N+](=O)[O-])cc2[N+](=O)[O-])cccc1OC(=O)c1ccc([N+](=O)[O-])cc1[N+](=O)[O-]. The minimum absolute atomic E-state index is 0.0401. The lowest BCUT2D eigenvalue weighted by atomic mass is 10.1. The van der Waals surface area contributed by atoms with Gasteiger partial charge in [-0.05, 0) is 31.2 Å². The highest BCUT2D eigenvalue weighted by molar-refractivity contribution is 5.97. The van der Waals surface area contributed by atoms with Gasteiger partial charge in [-0.25, -0.2) is 9.59 Å². The first-order chi connectivity index (χ1) is 17.4. The van der Waals surface area contributed by atoms with Gasteiger partial charge < -0.3 is 9.47 Å². The van der Waals surface area contributed by atoms with Crippen molar-refractivity contribution in [1.82, 2.24) is 0 Å². The van der Waals surface area contributed by atoms with Crippen molar-refractivity contribution >= 4 is 34.7 Å². The lowest BCUT2D eigenvalue weighted by molar-refractivity contribution is -0.394. The van der Waals surface area contributed by atoms with Crippen LogP contribution in [0.4, 0.5) is 22.7 Å². The average molecular weight is 512 g/mol. The fourth-order valence-electron chi connectivity index (χ4n) is 3.04. The third kappa shape index (κ3) is 5.48. The van der Waals surface area contributed by atoms with Crippen molar-refractivity contribution in [3.8, 4) is 11.5 Å². The average Bonchev–Trinajstić information content (AvgIpc) is 2.85. The van der Waals surface area contributed by atoms with Crippen LogP contribution in [0.1, 0.15) is 26.3 Å². The van der Waals surface area contributed by atoms with Gasteiger partial charge in [-0.15, -0.1) is 0 Å². The van der Waals surface area contributed by atoms with E-state index in [9.17, 15) is 50.0 Å². The number of carbonyl (C=O) groups is 2. The number of esters is 2. The molecule has 188 valence electrons. The van der Waals surface area contributed by atoms with Gasteiger partial charge in [0.25, 0.3) is 22.7 Å². The molecule has 0 bridgehead atoms. The molecule has 0 radical (unpaired) electrons. The van der Waals surface area contributed by atoms with Crippen LogP contribution in [0.5, 0.6) is 11.5 Å². The van der Waals surface area contributed by atoms with Gasteiger partial charge in [-0.2, -0.15) is 0 Å². The maximum absolute atomic E-state index is 12.6. The summed E-state index contributed by atoms with van der Waals surface area (Å²) in [6.07, 6.45) is 0. The Labute approximate surface area is 204 Å². The summed E-state index contributed by atoms with van der Waals surface area (Å²) in [5.74, 6) is -2.89. The topological polar surface area (TPSA) is 225 Å². The van der Waals surface area contributed by atoms with E-state index < -0.39 is 65.5 Å². The summed E-state index contributed by atoms with van der Waals surface area (Å²) in [4.78, 5) is 65.8. The lowest BCUT2D eigenvalue weighted by Crippen LogP contribution is -2.14. The highest BCUT2D eigenvalue weighted by Crippen LogP contribution is 2.32. The van der Waals surface area contributed by atoms with Crippen molar-refractivity contribution in [1.29, 1.82) is 0 Å². The maximum Gasteiger partial charge on any atom is 0.350 e. The number of ether oxygens (including phenoxy) is 2. The Balaban J connectivity index is 1.90. The minimum Gasteiger partial charge on any atom is -0.422 e. The number of rotatable bonds is 8. The second kappa shape index (κ2) is 10.2. The highest BCUT2D eigenvalue weighted by atomic mass is 16.6. The van der Waals surface area contributed by atoms with Crippen molar-refractivity contribution in [3.63, 3.8) is 0 Å². The quantitative estimate of drug-likeness (QED) is 0.180. The molecular weight excluding hydrogens is 500 g/mol. The normalized spacial score (nSPS) is 10.3. The van der Waals surface area contributed by atoms with Crippen LogP contribution in [0.3, 0.4) is 0 Å². The predicted octanol–water partition coefficient (Wildman–Crippen LogP) is 4.07. The van der Waals surface area contributed by atoms with Crippen molar-refractivity contribution < 1.29 is 38.8 Å². The van der Waals surface area contributed by atoms with E-state index in [0.717, 1.165) is 24.3 Å². The summed E-state index contributed by atoms with van der Waals surface area (Å²) in [6, 6.07) is 8.46. The van der Waals surface area contributed by atoms with Crippen molar-refractivity contribution in [2.75, 3.05) is 0 Å². The van der Waals surface area contributed by atoms with Crippen LogP contribution in [-0.2, 0) is 0 Å². The zero-order valence-electron chi connectivity index (χ0n) is 18.4. The van der Waals surface area contributed by atoms with Gasteiger partial charge >= 0.3 is 11.9 Å². The van der Waals surface area contributed by atoms with Crippen molar-refractivity contribution in [2.45, 2.75) is 6.92 Å². The number of carbonyl (C=O) groups excluding carboxylic acids is 2. The molecule has 16 nitrogen and oxygen atoms in total. The van der Waals surface area contributed by atoms with Crippen LogP contribution in [0.25, 0.3) is 0 Å². The predicted molar refractivity (Wildman–Crippen MR) is 121 cm³/mol. The van der Waals surface area contributed by atoms with Gasteiger partial charge in [-0.3, -0.25) is 40.5 Å². The third-order valence-corrected chi connectivity index (χ3v) is 4.86. The molecule has 0 heterocycles. The Bertz CT molecular complexity index is 1390. The molecule has 0 N–H and O–H groups in total. The number of benzene rings is 3. The van der Waals surface area contributed by atoms with Gasteiger partial charge in [0.2, 0.25) is 0 Å². The molecular formula is C21H12N4O12. The molecule has 0 aromatic heterocycles. The van der Waals surface area contributed by atoms with Crippen LogP contribution in [0, 0.1) is 47.4 Å². The first kappa shape index (κ1) is 25.8. The summed E-state index contributed by atoms with van der Waals surface area (Å²) >= 11 is 0. The molecule has 0 saturated heterocycles. The van der Waals surface area contributed by atoms with Crippen LogP contribution >= 0.6 is 0 Å². The molecule has 3 rings (SSSR count). The Kier molecular flexibility index (Phi) is 7.13. The smallest absolute Gasteiger partial charge is 0.350 e. The van der Waals surface area contributed by atoms with E-state index in [2.05, 4.69) is 0 Å². The standard InChI is InChI=1S/C21H12N4O12/c1-11-18(36-20(26)14-7-5-12(22(28)29)9-16(14)24(32)33)3-2-4-19(11)37-21(27)15-8-6-13(23(30)31)10-17(15)25(34)35/h2-10H,1H3. The lowest BCUT2D eigenvalue weighted by Gasteiger charge is -2.12. The molecule has 0 unspecified atom stereocenters. The van der Waals surface area contributed by atoms with Gasteiger partial charge in [0.15, 0.2) is 0 Å². The monoisotopic (exact) mass is 512 g/mol. The molecule has 0 aliphatic rings. The molecule has 3 aromatic carbocycles. The molecule has 37 heavy (non-hydrogen) atoms. The summed E-state index contributed by atoms with van der Waals surface area (Å²) in [5.41, 5.74) is -4.10. The summed E-state index contributed by atoms with van der Waals surface area (Å²) in [5, 5.41) is 44.4. The van der Waals surface area contributed by atoms with E-state index in [1.807, 2.05) is 0 Å². The number of hydrogen-bond donors (Lipinski definition) is 0. The summed E-state index contributed by atoms with van der Waals surface area (Å²) in [6.45, 7) is 1.35. The van der Waals surface area contributed by atoms with Gasteiger partial charge in [-0.1, -0.05) is 6.07 Å². The number of hydrogen-bond acceptors (Lipinski definition) is 12. The van der Waals surface area contributed by atoms with E-state index >= 15 is 0 Å². The fourth-order valence-corrected chi connectivity index (χ4v) is 3.04. The largest absolute Gasteiger partial charge is 0.422 e. The first-order valence-corrected chi connectivity index (χ1v) is 9.80. The zero-order chi connectivity index (χ0) is 27.4. The zero-order valence-corrected chi connectivity index (χ0v) is 18.4. The first-order valence-electron chi connectivity index (χ1n) is 9.80. The number of nitro benzene ring substituents is 4. The molecule has 16 heteroatoms. The third-order valence-electron chi connectivity index (χ3n) is 4.86. The number of nitrogens with zero attached hydrogens (tertiary/aromatic N) is 4. The van der Waals surface area contributed by atoms with Crippen LogP contribution in [-0.4, -0.2) is 31.6 Å². The molecule has 0 aliphatic heterocycles. The van der Waals surface area contributed by atoms with Gasteiger partial charge in [0.1, 0.15) is 22.6 Å². The van der Waals surface area contributed by atoms with E-state index in [4.69, 9.17) is 9.47 Å². The van der Waals surface area contributed by atoms with E-state index in [0.29, 0.717) is 12.1 Å². The van der Waals surface area contributed by atoms with E-state index in [1.165, 1.54) is 25.1 Å². The number of non-ortho nitro benzene ring substituents is 2. The number of nitro groups is 4. The minimum atomic E-state index is -1.24. The van der Waals surface area contributed by atoms with Gasteiger partial charge in [0.05, 0.1) is 31.8 Å². The Morgan fingerprint density at radius 2 is 1.00 bits per heavy atom. The molecule has 0 saturated carbocycles. The van der Waals surface area contributed by atoms with Crippen LogP contribution in [0.2, 0.25) is 0 Å².